The number of fused-ring (bicyclic) bond motifs is 6. The van der Waals surface area contributed by atoms with E-state index in [0.29, 0.717) is 41.1 Å². The predicted molar refractivity (Wildman–Crippen MR) is 143 cm³/mol. The standard InChI is InChI=1S/C27H51N5S/c1-7-9-21-14-12-19-16-27(5,6)32(18-19)25-20(13-15-22(30-25)26(2,3)4)17-28-33-24-11-8-10-23(29-21)31-24/h7,19-25,28-31H,1,8-18H2,2-6H3/t19-,20?,21?,22?,23?,24?,25?/m0/s1. The Bertz CT molecular complexity index is 647. The molecule has 4 aliphatic rings. The first-order valence-corrected chi connectivity index (χ1v) is 14.6. The second kappa shape index (κ2) is 10.9. The van der Waals surface area contributed by atoms with Crippen molar-refractivity contribution in [3.05, 3.63) is 12.7 Å². The van der Waals surface area contributed by atoms with Gasteiger partial charge in [0.05, 0.1) is 17.7 Å². The molecule has 4 saturated heterocycles. The van der Waals surface area contributed by atoms with Crippen molar-refractivity contribution in [2.45, 2.75) is 128 Å². The molecule has 0 aromatic heterocycles. The van der Waals surface area contributed by atoms with Crippen molar-refractivity contribution >= 4 is 11.9 Å². The summed E-state index contributed by atoms with van der Waals surface area (Å²) in [7, 11) is 0. The summed E-state index contributed by atoms with van der Waals surface area (Å²) in [4.78, 5) is 2.86. The Morgan fingerprint density at radius 2 is 1.85 bits per heavy atom. The van der Waals surface area contributed by atoms with Crippen LogP contribution in [0, 0.1) is 17.3 Å². The van der Waals surface area contributed by atoms with Crippen LogP contribution >= 0.6 is 11.9 Å². The van der Waals surface area contributed by atoms with Gasteiger partial charge >= 0.3 is 0 Å². The first kappa shape index (κ1) is 26.0. The smallest absolute Gasteiger partial charge is 0.0690 e. The van der Waals surface area contributed by atoms with E-state index in [1.807, 2.05) is 11.9 Å². The minimum absolute atomic E-state index is 0.254. The molecule has 6 heteroatoms. The van der Waals surface area contributed by atoms with Gasteiger partial charge in [0.2, 0.25) is 0 Å². The lowest BCUT2D eigenvalue weighted by atomic mass is 9.78. The van der Waals surface area contributed by atoms with Gasteiger partial charge in [0.25, 0.3) is 0 Å². The molecule has 0 aromatic carbocycles. The normalized spacial score (nSPS) is 42.6. The zero-order chi connectivity index (χ0) is 23.6. The molecule has 33 heavy (non-hydrogen) atoms. The SMILES string of the molecule is C=CCC1CC[C@@H]2CN(C3NC(C(C)(C)C)CCC3CNSC3CCCC(N1)N3)C(C)(C)C2. The van der Waals surface area contributed by atoms with Crippen molar-refractivity contribution in [1.82, 2.24) is 25.6 Å². The van der Waals surface area contributed by atoms with Gasteiger partial charge in [-0.2, -0.15) is 0 Å². The number of nitrogens with one attached hydrogen (secondary N) is 4. The average Bonchev–Trinajstić information content (AvgIpc) is 3.05. The van der Waals surface area contributed by atoms with Gasteiger partial charge in [0, 0.05) is 36.6 Å². The minimum Gasteiger partial charge on any atom is -0.299 e. The molecule has 0 spiro atoms. The van der Waals surface area contributed by atoms with Gasteiger partial charge in [-0.15, -0.1) is 6.58 Å². The molecule has 5 nitrogen and oxygen atoms in total. The average molecular weight is 478 g/mol. The summed E-state index contributed by atoms with van der Waals surface area (Å²) in [6.07, 6.45) is 14.3. The molecule has 0 amide bonds. The molecule has 0 radical (unpaired) electrons. The molecule has 4 N–H and O–H groups in total. The Balaban J connectivity index is 1.54. The highest BCUT2D eigenvalue weighted by atomic mass is 32.2. The van der Waals surface area contributed by atoms with Crippen molar-refractivity contribution in [3.63, 3.8) is 0 Å². The molecule has 7 unspecified atom stereocenters. The topological polar surface area (TPSA) is 51.4 Å². The van der Waals surface area contributed by atoms with Crippen LogP contribution < -0.4 is 20.7 Å². The summed E-state index contributed by atoms with van der Waals surface area (Å²) in [6.45, 7) is 18.6. The maximum atomic E-state index is 4.18. The van der Waals surface area contributed by atoms with Crippen LogP contribution in [0.1, 0.15) is 92.4 Å². The number of rotatable bonds is 2. The Morgan fingerprint density at radius 3 is 2.61 bits per heavy atom. The van der Waals surface area contributed by atoms with Gasteiger partial charge in [-0.05, 0) is 83.0 Å². The third-order valence-corrected chi connectivity index (χ3v) is 9.76. The highest BCUT2D eigenvalue weighted by molar-refractivity contribution is 7.98. The quantitative estimate of drug-likeness (QED) is 0.338. The lowest BCUT2D eigenvalue weighted by Crippen LogP contribution is -2.63. The molecule has 4 rings (SSSR count). The van der Waals surface area contributed by atoms with Gasteiger partial charge in [-0.3, -0.25) is 25.6 Å². The zero-order valence-corrected chi connectivity index (χ0v) is 22.8. The van der Waals surface area contributed by atoms with Crippen LogP contribution in [0.2, 0.25) is 0 Å². The van der Waals surface area contributed by atoms with Crippen LogP contribution in [0.3, 0.4) is 0 Å². The Morgan fingerprint density at radius 1 is 1.03 bits per heavy atom. The summed E-state index contributed by atoms with van der Waals surface area (Å²) >= 11 is 1.94. The van der Waals surface area contributed by atoms with Crippen molar-refractivity contribution in [3.8, 4) is 0 Å². The molecule has 190 valence electrons. The lowest BCUT2D eigenvalue weighted by molar-refractivity contribution is 0.00552. The highest BCUT2D eigenvalue weighted by Crippen LogP contribution is 2.41. The maximum absolute atomic E-state index is 4.18. The largest absolute Gasteiger partial charge is 0.299 e. The number of nitrogens with zero attached hydrogens (tertiary/aromatic N) is 1. The predicted octanol–water partition coefficient (Wildman–Crippen LogP) is 4.82. The maximum Gasteiger partial charge on any atom is 0.0690 e. The Kier molecular flexibility index (Phi) is 8.56. The molecule has 8 atom stereocenters. The summed E-state index contributed by atoms with van der Waals surface area (Å²) in [5, 5.41) is 12.5. The summed E-state index contributed by atoms with van der Waals surface area (Å²) in [6, 6.07) is 1.12. The number of hydrogen-bond acceptors (Lipinski definition) is 6. The number of hydrogen-bond donors (Lipinski definition) is 4. The highest BCUT2D eigenvalue weighted by Gasteiger charge is 2.47. The van der Waals surface area contributed by atoms with E-state index in [4.69, 9.17) is 0 Å². The first-order chi connectivity index (χ1) is 15.7. The second-order valence-electron chi connectivity index (χ2n) is 13.0. The molecule has 0 aliphatic carbocycles. The minimum atomic E-state index is 0.254. The summed E-state index contributed by atoms with van der Waals surface area (Å²) in [5.41, 5.74) is 0.558. The van der Waals surface area contributed by atoms with Crippen molar-refractivity contribution < 1.29 is 0 Å². The van der Waals surface area contributed by atoms with E-state index in [1.165, 1.54) is 57.9 Å². The molecule has 4 bridgehead atoms. The van der Waals surface area contributed by atoms with E-state index < -0.39 is 0 Å². The van der Waals surface area contributed by atoms with E-state index in [9.17, 15) is 0 Å². The van der Waals surface area contributed by atoms with Crippen LogP contribution in [0.15, 0.2) is 12.7 Å². The molecular formula is C27H51N5S. The molecule has 4 heterocycles. The second-order valence-corrected chi connectivity index (χ2v) is 14.1. The Labute approximate surface area is 208 Å². The van der Waals surface area contributed by atoms with Crippen LogP contribution in [-0.2, 0) is 0 Å². The monoisotopic (exact) mass is 477 g/mol. The van der Waals surface area contributed by atoms with Crippen molar-refractivity contribution in [1.29, 1.82) is 0 Å². The molecule has 4 fully saturated rings. The van der Waals surface area contributed by atoms with E-state index in [1.54, 1.807) is 0 Å². The molecule has 4 aliphatic heterocycles. The van der Waals surface area contributed by atoms with Crippen LogP contribution in [0.25, 0.3) is 0 Å². The Hall–Kier alpha value is -0.110. The van der Waals surface area contributed by atoms with E-state index >= 15 is 0 Å². The van der Waals surface area contributed by atoms with E-state index in [0.717, 1.165) is 18.9 Å². The molecular weight excluding hydrogens is 426 g/mol. The summed E-state index contributed by atoms with van der Waals surface area (Å²) in [5.74, 6) is 1.44. The first-order valence-electron chi connectivity index (χ1n) is 13.7. The van der Waals surface area contributed by atoms with Crippen molar-refractivity contribution in [2.75, 3.05) is 13.1 Å². The fraction of sp³-hybridized carbons (Fsp3) is 0.926. The van der Waals surface area contributed by atoms with Gasteiger partial charge in [-0.25, -0.2) is 0 Å². The van der Waals surface area contributed by atoms with E-state index in [-0.39, 0.29) is 5.54 Å². The van der Waals surface area contributed by atoms with Gasteiger partial charge in [0.15, 0.2) is 0 Å². The third kappa shape index (κ3) is 6.56. The third-order valence-electron chi connectivity index (χ3n) is 8.78. The fourth-order valence-corrected chi connectivity index (χ4v) is 7.90. The lowest BCUT2D eigenvalue weighted by Gasteiger charge is -2.50. The molecule has 0 saturated carbocycles. The van der Waals surface area contributed by atoms with Gasteiger partial charge in [0.1, 0.15) is 0 Å². The molecule has 0 aromatic rings. The summed E-state index contributed by atoms with van der Waals surface area (Å²) < 4.78 is 3.83. The van der Waals surface area contributed by atoms with Gasteiger partial charge < -0.3 is 0 Å². The van der Waals surface area contributed by atoms with Crippen LogP contribution in [0.4, 0.5) is 0 Å². The van der Waals surface area contributed by atoms with Crippen molar-refractivity contribution in [2.24, 2.45) is 17.3 Å². The zero-order valence-electron chi connectivity index (χ0n) is 22.0. The van der Waals surface area contributed by atoms with Gasteiger partial charge in [-0.1, -0.05) is 38.8 Å². The van der Waals surface area contributed by atoms with Crippen LogP contribution in [-0.4, -0.2) is 53.3 Å². The fourth-order valence-electron chi connectivity index (χ4n) is 6.87. The van der Waals surface area contributed by atoms with E-state index in [2.05, 4.69) is 72.8 Å². The number of piperidine rings is 2. The van der Waals surface area contributed by atoms with Crippen LogP contribution in [0.5, 0.6) is 0 Å².